The Labute approximate surface area is 103 Å². The first kappa shape index (κ1) is 14.9. The largest absolute Gasteiger partial charge is 0.342 e. The predicted octanol–water partition coefficient (Wildman–Crippen LogP) is 3.45. The normalized spacial score (nSPS) is 10.7. The summed E-state index contributed by atoms with van der Waals surface area (Å²) in [5.74, 6) is 0.933. The third kappa shape index (κ3) is 7.83. The van der Waals surface area contributed by atoms with Gasteiger partial charge in [-0.1, -0.05) is 43.1 Å². The van der Waals surface area contributed by atoms with Crippen molar-refractivity contribution in [1.29, 1.82) is 0 Å². The Morgan fingerprint density at radius 2 is 2.00 bits per heavy atom. The Balaban J connectivity index is 3.92. The van der Waals surface area contributed by atoms with E-state index in [1.165, 1.54) is 0 Å². The summed E-state index contributed by atoms with van der Waals surface area (Å²) in [7, 11) is 0. The molecule has 1 amide bonds. The van der Waals surface area contributed by atoms with Crippen molar-refractivity contribution < 1.29 is 4.79 Å². The first-order valence-corrected chi connectivity index (χ1v) is 7.07. The van der Waals surface area contributed by atoms with Gasteiger partial charge in [-0.15, -0.1) is 0 Å². The number of halogens is 1. The van der Waals surface area contributed by atoms with Crippen molar-refractivity contribution in [3.05, 3.63) is 0 Å². The molecule has 0 unspecified atom stereocenters. The fraction of sp³-hybridized carbons (Fsp3) is 0.917. The molecule has 0 spiro atoms. The number of amides is 1. The van der Waals surface area contributed by atoms with E-state index in [-0.39, 0.29) is 0 Å². The second-order valence-electron chi connectivity index (χ2n) is 4.36. The van der Waals surface area contributed by atoms with E-state index < -0.39 is 0 Å². The van der Waals surface area contributed by atoms with Crippen LogP contribution in [-0.2, 0) is 4.79 Å². The van der Waals surface area contributed by atoms with E-state index in [2.05, 4.69) is 36.7 Å². The van der Waals surface area contributed by atoms with Gasteiger partial charge in [-0.25, -0.2) is 0 Å². The summed E-state index contributed by atoms with van der Waals surface area (Å²) in [5, 5.41) is 0.879. The Morgan fingerprint density at radius 1 is 1.33 bits per heavy atom. The van der Waals surface area contributed by atoms with E-state index in [0.29, 0.717) is 18.2 Å². The zero-order chi connectivity index (χ0) is 11.7. The van der Waals surface area contributed by atoms with Crippen LogP contribution in [0.4, 0.5) is 0 Å². The van der Waals surface area contributed by atoms with E-state index in [9.17, 15) is 4.79 Å². The van der Waals surface area contributed by atoms with Crippen LogP contribution in [0.1, 0.15) is 46.5 Å². The molecule has 0 aliphatic heterocycles. The van der Waals surface area contributed by atoms with Crippen molar-refractivity contribution in [2.75, 3.05) is 18.4 Å². The van der Waals surface area contributed by atoms with E-state index in [1.54, 1.807) is 0 Å². The maximum atomic E-state index is 11.8. The Hall–Kier alpha value is -0.0500. The molecule has 0 atom stereocenters. The van der Waals surface area contributed by atoms with Gasteiger partial charge in [0.25, 0.3) is 0 Å². The molecule has 0 rings (SSSR count). The van der Waals surface area contributed by atoms with Crippen molar-refractivity contribution in [2.45, 2.75) is 46.5 Å². The van der Waals surface area contributed by atoms with Crippen molar-refractivity contribution >= 4 is 21.8 Å². The number of alkyl halides is 1. The summed E-state index contributed by atoms with van der Waals surface area (Å²) >= 11 is 3.40. The molecule has 90 valence electrons. The molecule has 0 aromatic heterocycles. The third-order valence-electron chi connectivity index (χ3n) is 2.42. The lowest BCUT2D eigenvalue weighted by Crippen LogP contribution is -2.33. The molecule has 0 bridgehead atoms. The monoisotopic (exact) mass is 277 g/mol. The highest BCUT2D eigenvalue weighted by molar-refractivity contribution is 9.09. The molecule has 0 aliphatic rings. The number of carbonyl (C=O) groups is 1. The molecule has 0 radical (unpaired) electrons. The quantitative estimate of drug-likeness (QED) is 0.623. The molecule has 0 heterocycles. The molecule has 0 N–H and O–H groups in total. The van der Waals surface area contributed by atoms with Gasteiger partial charge in [0.1, 0.15) is 0 Å². The van der Waals surface area contributed by atoms with Crippen LogP contribution in [0.3, 0.4) is 0 Å². The van der Waals surface area contributed by atoms with Gasteiger partial charge in [-0.3, -0.25) is 4.79 Å². The van der Waals surface area contributed by atoms with Crippen LogP contribution in [0.5, 0.6) is 0 Å². The first-order valence-electron chi connectivity index (χ1n) is 5.95. The molecule has 0 saturated carbocycles. The van der Waals surface area contributed by atoms with Gasteiger partial charge in [0.05, 0.1) is 0 Å². The Bertz CT molecular complexity index is 171. The summed E-state index contributed by atoms with van der Waals surface area (Å²) in [6, 6.07) is 0. The van der Waals surface area contributed by atoms with Crippen LogP contribution < -0.4 is 0 Å². The fourth-order valence-corrected chi connectivity index (χ4v) is 1.81. The number of nitrogens with zero attached hydrogens (tertiary/aromatic N) is 1. The van der Waals surface area contributed by atoms with Gasteiger partial charge in [-0.2, -0.15) is 0 Å². The molecular formula is C12H24BrNO. The summed E-state index contributed by atoms with van der Waals surface area (Å²) < 4.78 is 0. The molecule has 2 nitrogen and oxygen atoms in total. The molecule has 0 aliphatic carbocycles. The van der Waals surface area contributed by atoms with Crippen LogP contribution in [0, 0.1) is 5.92 Å². The van der Waals surface area contributed by atoms with E-state index in [4.69, 9.17) is 0 Å². The van der Waals surface area contributed by atoms with Crippen LogP contribution in [0.25, 0.3) is 0 Å². The second kappa shape index (κ2) is 9.20. The van der Waals surface area contributed by atoms with Gasteiger partial charge in [0.2, 0.25) is 5.91 Å². The lowest BCUT2D eigenvalue weighted by molar-refractivity contribution is -0.131. The minimum Gasteiger partial charge on any atom is -0.342 e. The predicted molar refractivity (Wildman–Crippen MR) is 69.4 cm³/mol. The number of hydrogen-bond acceptors (Lipinski definition) is 1. The van der Waals surface area contributed by atoms with Crippen LogP contribution in [-0.4, -0.2) is 29.2 Å². The van der Waals surface area contributed by atoms with E-state index in [0.717, 1.165) is 37.7 Å². The summed E-state index contributed by atoms with van der Waals surface area (Å²) in [4.78, 5) is 13.8. The second-order valence-corrected chi connectivity index (χ2v) is 5.15. The van der Waals surface area contributed by atoms with Crippen molar-refractivity contribution in [2.24, 2.45) is 5.92 Å². The van der Waals surface area contributed by atoms with Crippen molar-refractivity contribution in [3.8, 4) is 0 Å². The van der Waals surface area contributed by atoms with E-state index >= 15 is 0 Å². The Morgan fingerprint density at radius 3 is 2.47 bits per heavy atom. The summed E-state index contributed by atoms with van der Waals surface area (Å²) in [6.07, 6.45) is 3.97. The average Bonchev–Trinajstić information content (AvgIpc) is 2.20. The fourth-order valence-electron chi connectivity index (χ4n) is 1.38. The molecule has 0 saturated heterocycles. The van der Waals surface area contributed by atoms with Gasteiger partial charge in [0, 0.05) is 24.8 Å². The number of carbonyl (C=O) groups excluding carboxylic acids is 1. The van der Waals surface area contributed by atoms with Gasteiger partial charge in [-0.05, 0) is 18.8 Å². The molecular weight excluding hydrogens is 254 g/mol. The summed E-state index contributed by atoms with van der Waals surface area (Å²) in [5.41, 5.74) is 0. The minimum absolute atomic E-state index is 0.316. The van der Waals surface area contributed by atoms with Crippen LogP contribution >= 0.6 is 15.9 Å². The molecule has 0 aromatic rings. The highest BCUT2D eigenvalue weighted by atomic mass is 79.9. The zero-order valence-electron chi connectivity index (χ0n) is 10.3. The topological polar surface area (TPSA) is 20.3 Å². The standard InChI is InChI=1S/C12H24BrNO/c1-4-5-9-14(10-8-13)12(15)7-6-11(2)3/h11H,4-10H2,1-3H3. The molecule has 3 heteroatoms. The minimum atomic E-state index is 0.316. The molecule has 0 fully saturated rings. The van der Waals surface area contributed by atoms with Crippen molar-refractivity contribution in [1.82, 2.24) is 4.90 Å². The van der Waals surface area contributed by atoms with Gasteiger partial charge >= 0.3 is 0 Å². The SMILES string of the molecule is CCCCN(CCBr)C(=O)CCC(C)C. The Kier molecular flexibility index (Phi) is 9.17. The lowest BCUT2D eigenvalue weighted by Gasteiger charge is -2.22. The van der Waals surface area contributed by atoms with Gasteiger partial charge < -0.3 is 4.90 Å². The maximum Gasteiger partial charge on any atom is 0.222 e. The molecule has 15 heavy (non-hydrogen) atoms. The van der Waals surface area contributed by atoms with Crippen molar-refractivity contribution in [3.63, 3.8) is 0 Å². The van der Waals surface area contributed by atoms with E-state index in [1.807, 2.05) is 4.90 Å². The highest BCUT2D eigenvalue weighted by Crippen LogP contribution is 2.07. The highest BCUT2D eigenvalue weighted by Gasteiger charge is 2.12. The number of hydrogen-bond donors (Lipinski definition) is 0. The smallest absolute Gasteiger partial charge is 0.222 e. The first-order chi connectivity index (χ1) is 7.11. The third-order valence-corrected chi connectivity index (χ3v) is 2.78. The number of rotatable bonds is 8. The maximum absolute atomic E-state index is 11.8. The van der Waals surface area contributed by atoms with Gasteiger partial charge in [0.15, 0.2) is 0 Å². The zero-order valence-corrected chi connectivity index (χ0v) is 11.8. The summed E-state index contributed by atoms with van der Waals surface area (Å²) in [6.45, 7) is 8.24. The lowest BCUT2D eigenvalue weighted by atomic mass is 10.1. The van der Waals surface area contributed by atoms with Crippen LogP contribution in [0.15, 0.2) is 0 Å². The molecule has 0 aromatic carbocycles. The van der Waals surface area contributed by atoms with Crippen LogP contribution in [0.2, 0.25) is 0 Å². The number of unbranched alkanes of at least 4 members (excludes halogenated alkanes) is 1. The average molecular weight is 278 g/mol.